The molecule has 0 amide bonds. The van der Waals surface area contributed by atoms with Crippen molar-refractivity contribution in [3.8, 4) is 11.4 Å². The number of para-hydroxylation sites is 1. The molecular weight excluding hydrogens is 306 g/mol. The third kappa shape index (κ3) is 2.41. The second-order valence-corrected chi connectivity index (χ2v) is 5.26. The fourth-order valence-electron chi connectivity index (χ4n) is 2.54. The zero-order valence-corrected chi connectivity index (χ0v) is 12.7. The number of aryl methyl sites for hydroxylation is 1. The van der Waals surface area contributed by atoms with Crippen LogP contribution < -0.4 is 5.11 Å². The zero-order chi connectivity index (χ0) is 16.5. The quantitative estimate of drug-likeness (QED) is 0.461. The number of nitrogens with zero attached hydrogens (tertiary/aromatic N) is 4. The lowest BCUT2D eigenvalue weighted by Gasteiger charge is -2.08. The van der Waals surface area contributed by atoms with Gasteiger partial charge in [-0.1, -0.05) is 30.3 Å². The first-order valence-electron chi connectivity index (χ1n) is 7.30. The zero-order valence-electron chi connectivity index (χ0n) is 12.7. The third-order valence-electron chi connectivity index (χ3n) is 3.72. The van der Waals surface area contributed by atoms with Crippen LogP contribution in [0.25, 0.3) is 22.4 Å². The Labute approximate surface area is 136 Å². The second-order valence-electron chi connectivity index (χ2n) is 5.26. The summed E-state index contributed by atoms with van der Waals surface area (Å²) < 4.78 is 5.65. The number of aliphatic imine (C=N–C) groups is 1. The molecule has 0 unspecified atom stereocenters. The standard InChI is InChI=1S/C17H13N5O2/c1-10-13-7-2-3-8-14(13)24-15(10)17(23)18-12-6-4-5-11(9-12)16-19-21-22-20-16/h2-9H,1H3,(H,18,23)(H,19,20,21,22)/p-1. The van der Waals surface area contributed by atoms with Crippen molar-refractivity contribution in [3.63, 3.8) is 0 Å². The fourth-order valence-corrected chi connectivity index (χ4v) is 2.54. The van der Waals surface area contributed by atoms with Crippen molar-refractivity contribution in [3.05, 3.63) is 59.9 Å². The Balaban J connectivity index is 1.75. The lowest BCUT2D eigenvalue weighted by Crippen LogP contribution is -2.18. The van der Waals surface area contributed by atoms with Gasteiger partial charge in [-0.3, -0.25) is 4.99 Å². The minimum absolute atomic E-state index is 0.251. The predicted molar refractivity (Wildman–Crippen MR) is 86.8 cm³/mol. The minimum Gasteiger partial charge on any atom is -0.856 e. The van der Waals surface area contributed by atoms with Crippen LogP contribution in [-0.4, -0.2) is 26.5 Å². The van der Waals surface area contributed by atoms with Crippen molar-refractivity contribution < 1.29 is 9.52 Å². The number of hydrogen-bond acceptors (Lipinski definition) is 6. The molecule has 0 atom stereocenters. The van der Waals surface area contributed by atoms with E-state index in [0.29, 0.717) is 17.1 Å². The number of nitrogens with one attached hydrogen (secondary N) is 1. The van der Waals surface area contributed by atoms with E-state index in [-0.39, 0.29) is 5.76 Å². The van der Waals surface area contributed by atoms with Gasteiger partial charge in [-0.2, -0.15) is 5.21 Å². The first-order chi connectivity index (χ1) is 11.7. The maximum atomic E-state index is 12.5. The van der Waals surface area contributed by atoms with Gasteiger partial charge in [0.05, 0.1) is 5.69 Å². The summed E-state index contributed by atoms with van der Waals surface area (Å²) in [6, 6.07) is 14.6. The monoisotopic (exact) mass is 318 g/mol. The molecule has 0 spiro atoms. The third-order valence-corrected chi connectivity index (χ3v) is 3.72. The number of tetrazole rings is 1. The van der Waals surface area contributed by atoms with Crippen LogP contribution in [0.2, 0.25) is 0 Å². The van der Waals surface area contributed by atoms with E-state index in [9.17, 15) is 5.11 Å². The highest BCUT2D eigenvalue weighted by molar-refractivity contribution is 5.97. The Kier molecular flexibility index (Phi) is 3.31. The molecule has 0 radical (unpaired) electrons. The lowest BCUT2D eigenvalue weighted by atomic mass is 10.1. The van der Waals surface area contributed by atoms with Crippen molar-refractivity contribution in [2.75, 3.05) is 0 Å². The molecule has 0 aliphatic heterocycles. The van der Waals surface area contributed by atoms with Gasteiger partial charge in [0.15, 0.2) is 0 Å². The molecule has 0 bridgehead atoms. The number of benzene rings is 2. The van der Waals surface area contributed by atoms with Gasteiger partial charge >= 0.3 is 0 Å². The van der Waals surface area contributed by atoms with Crippen LogP contribution in [0.15, 0.2) is 57.9 Å². The highest BCUT2D eigenvalue weighted by atomic mass is 16.4. The summed E-state index contributed by atoms with van der Waals surface area (Å²) in [4.78, 5) is 4.14. The molecule has 0 aliphatic carbocycles. The number of fused-ring (bicyclic) bond motifs is 1. The van der Waals surface area contributed by atoms with Gasteiger partial charge in [0.1, 0.15) is 11.3 Å². The Morgan fingerprint density at radius 3 is 2.83 bits per heavy atom. The number of aromatic nitrogens is 4. The molecule has 24 heavy (non-hydrogen) atoms. The smallest absolute Gasteiger partial charge is 0.204 e. The van der Waals surface area contributed by atoms with Gasteiger partial charge in [0.2, 0.25) is 5.82 Å². The molecule has 7 heteroatoms. The van der Waals surface area contributed by atoms with Crippen LogP contribution in [0.4, 0.5) is 5.69 Å². The summed E-state index contributed by atoms with van der Waals surface area (Å²) in [6.45, 7) is 1.85. The number of H-pyrrole nitrogens is 1. The summed E-state index contributed by atoms with van der Waals surface area (Å²) in [5.41, 5.74) is 2.68. The average Bonchev–Trinajstić information content (AvgIpc) is 3.24. The Bertz CT molecular complexity index is 1030. The van der Waals surface area contributed by atoms with Crippen LogP contribution in [0.1, 0.15) is 11.3 Å². The molecule has 0 fully saturated rings. The SMILES string of the molecule is Cc1c(C([O-])=Nc2cccc(-c3nn[nH]n3)c2)oc2ccccc12. The number of hydrogen-bond donors (Lipinski definition) is 1. The normalized spacial score (nSPS) is 12.0. The van der Waals surface area contributed by atoms with Gasteiger partial charge in [-0.05, 0) is 30.3 Å². The summed E-state index contributed by atoms with van der Waals surface area (Å²) in [5, 5.41) is 27.2. The molecule has 2 aromatic heterocycles. The fraction of sp³-hybridized carbons (Fsp3) is 0.0588. The minimum atomic E-state index is -0.422. The maximum absolute atomic E-state index is 12.5. The van der Waals surface area contributed by atoms with Crippen LogP contribution in [-0.2, 0) is 0 Å². The van der Waals surface area contributed by atoms with E-state index in [2.05, 4.69) is 25.6 Å². The summed E-state index contributed by atoms with van der Waals surface area (Å²) in [6.07, 6.45) is 0. The molecule has 0 saturated heterocycles. The van der Waals surface area contributed by atoms with Crippen LogP contribution in [0, 0.1) is 6.92 Å². The lowest BCUT2D eigenvalue weighted by molar-refractivity contribution is -0.214. The second kappa shape index (κ2) is 5.62. The van der Waals surface area contributed by atoms with Crippen molar-refractivity contribution in [2.24, 2.45) is 4.99 Å². The van der Waals surface area contributed by atoms with Crippen LogP contribution in [0.5, 0.6) is 0 Å². The summed E-state index contributed by atoms with van der Waals surface area (Å²) in [7, 11) is 0. The van der Waals surface area contributed by atoms with E-state index in [4.69, 9.17) is 4.42 Å². The first kappa shape index (κ1) is 14.1. The Hall–Kier alpha value is -3.48. The molecule has 4 rings (SSSR count). The highest BCUT2D eigenvalue weighted by Crippen LogP contribution is 2.26. The molecule has 1 N–H and O–H groups in total. The largest absolute Gasteiger partial charge is 0.856 e. The van der Waals surface area contributed by atoms with Crippen LogP contribution >= 0.6 is 0 Å². The van der Waals surface area contributed by atoms with E-state index in [1.165, 1.54) is 0 Å². The Morgan fingerprint density at radius 1 is 1.17 bits per heavy atom. The van der Waals surface area contributed by atoms with Crippen LogP contribution in [0.3, 0.4) is 0 Å². The van der Waals surface area contributed by atoms with E-state index in [0.717, 1.165) is 16.5 Å². The molecule has 2 aromatic carbocycles. The first-order valence-corrected chi connectivity index (χ1v) is 7.30. The number of aromatic amines is 1. The number of rotatable bonds is 3. The highest BCUT2D eigenvalue weighted by Gasteiger charge is 2.10. The van der Waals surface area contributed by atoms with Gasteiger partial charge in [0.25, 0.3) is 0 Å². The molecular formula is C17H12N5O2-. The summed E-state index contributed by atoms with van der Waals surface area (Å²) in [5.74, 6) is 0.273. The van der Waals surface area contributed by atoms with Gasteiger partial charge < -0.3 is 9.52 Å². The van der Waals surface area contributed by atoms with Gasteiger partial charge in [-0.15, -0.1) is 10.2 Å². The van der Waals surface area contributed by atoms with Gasteiger partial charge in [-0.25, -0.2) is 0 Å². The summed E-state index contributed by atoms with van der Waals surface area (Å²) >= 11 is 0. The molecule has 0 aliphatic rings. The van der Waals surface area contributed by atoms with Crippen molar-refractivity contribution in [1.29, 1.82) is 0 Å². The van der Waals surface area contributed by atoms with E-state index in [1.807, 2.05) is 37.3 Å². The van der Waals surface area contributed by atoms with Gasteiger partial charge in [0, 0.05) is 22.4 Å². The number of furan rings is 1. The van der Waals surface area contributed by atoms with Crippen molar-refractivity contribution in [1.82, 2.24) is 20.6 Å². The molecule has 4 aromatic rings. The molecule has 0 saturated carbocycles. The van der Waals surface area contributed by atoms with E-state index < -0.39 is 5.90 Å². The molecule has 7 nitrogen and oxygen atoms in total. The van der Waals surface area contributed by atoms with Crippen molar-refractivity contribution in [2.45, 2.75) is 6.92 Å². The van der Waals surface area contributed by atoms with E-state index >= 15 is 0 Å². The topological polar surface area (TPSA) is 103 Å². The average molecular weight is 318 g/mol. The molecule has 2 heterocycles. The maximum Gasteiger partial charge on any atom is 0.204 e. The van der Waals surface area contributed by atoms with Crippen molar-refractivity contribution >= 4 is 22.6 Å². The Morgan fingerprint density at radius 2 is 2.04 bits per heavy atom. The molecule has 118 valence electrons. The predicted octanol–water partition coefficient (Wildman–Crippen LogP) is 2.36. The van der Waals surface area contributed by atoms with E-state index in [1.54, 1.807) is 18.2 Å².